The van der Waals surface area contributed by atoms with Gasteiger partial charge in [0.2, 0.25) is 0 Å². The highest BCUT2D eigenvalue weighted by Gasteiger charge is 2.12. The first-order valence-electron chi connectivity index (χ1n) is 9.01. The van der Waals surface area contributed by atoms with Crippen molar-refractivity contribution in [3.63, 3.8) is 0 Å². The minimum absolute atomic E-state index is 0.253. The Morgan fingerprint density at radius 3 is 2.43 bits per heavy atom. The van der Waals surface area contributed by atoms with Gasteiger partial charge in [0.15, 0.2) is 11.5 Å². The van der Waals surface area contributed by atoms with Crippen LogP contribution >= 0.6 is 22.6 Å². The van der Waals surface area contributed by atoms with E-state index in [2.05, 4.69) is 66.0 Å². The third kappa shape index (κ3) is 5.16. The van der Waals surface area contributed by atoms with Crippen LogP contribution in [-0.4, -0.2) is 7.11 Å². The Hall–Kier alpha value is -2.28. The number of hydrogen-bond acceptors (Lipinski definition) is 3. The fraction of sp³-hybridized carbons (Fsp3) is 0.217. The molecular weight excluding hydrogens is 468 g/mol. The lowest BCUT2D eigenvalue weighted by Gasteiger charge is -2.16. The average Bonchev–Trinajstić information content (AvgIpc) is 2.68. The fourth-order valence-corrected chi connectivity index (χ4v) is 3.70. The molecule has 0 aliphatic heterocycles. The van der Waals surface area contributed by atoms with Crippen molar-refractivity contribution in [2.45, 2.75) is 27.0 Å². The molecule has 0 heterocycles. The highest BCUT2D eigenvalue weighted by molar-refractivity contribution is 14.1. The number of rotatable bonds is 7. The molecular formula is C23H23FINO2. The number of ether oxygens (including phenoxy) is 2. The van der Waals surface area contributed by atoms with Gasteiger partial charge in [-0.3, -0.25) is 0 Å². The third-order valence-corrected chi connectivity index (χ3v) is 5.26. The molecule has 0 aliphatic rings. The molecule has 0 bridgehead atoms. The summed E-state index contributed by atoms with van der Waals surface area (Å²) in [6.45, 7) is 5.23. The second-order valence-electron chi connectivity index (χ2n) is 6.70. The SMILES string of the molecule is COc1cc(CNc2cc(C)ccc2C)cc(I)c1OCc1ccc(F)cc1. The summed E-state index contributed by atoms with van der Waals surface area (Å²) < 4.78 is 25.5. The molecule has 0 atom stereocenters. The maximum Gasteiger partial charge on any atom is 0.174 e. The van der Waals surface area contributed by atoms with Crippen LogP contribution in [0.25, 0.3) is 0 Å². The van der Waals surface area contributed by atoms with Crippen molar-refractivity contribution >= 4 is 28.3 Å². The predicted octanol–water partition coefficient (Wildman–Crippen LogP) is 6.25. The van der Waals surface area contributed by atoms with Gasteiger partial charge >= 0.3 is 0 Å². The second-order valence-corrected chi connectivity index (χ2v) is 7.86. The summed E-state index contributed by atoms with van der Waals surface area (Å²) in [6.07, 6.45) is 0. The van der Waals surface area contributed by atoms with Gasteiger partial charge < -0.3 is 14.8 Å². The summed E-state index contributed by atoms with van der Waals surface area (Å²) >= 11 is 2.26. The summed E-state index contributed by atoms with van der Waals surface area (Å²) in [5, 5.41) is 3.50. The summed E-state index contributed by atoms with van der Waals surface area (Å²) in [7, 11) is 1.64. The average molecular weight is 491 g/mol. The van der Waals surface area contributed by atoms with Crippen molar-refractivity contribution < 1.29 is 13.9 Å². The summed E-state index contributed by atoms with van der Waals surface area (Å²) in [5.41, 5.74) is 5.58. The van der Waals surface area contributed by atoms with E-state index in [1.807, 2.05) is 6.07 Å². The predicted molar refractivity (Wildman–Crippen MR) is 120 cm³/mol. The lowest BCUT2D eigenvalue weighted by Crippen LogP contribution is -2.04. The van der Waals surface area contributed by atoms with E-state index < -0.39 is 0 Å². The number of anilines is 1. The molecule has 3 nitrogen and oxygen atoms in total. The van der Waals surface area contributed by atoms with Gasteiger partial charge in [-0.1, -0.05) is 24.3 Å². The summed E-state index contributed by atoms with van der Waals surface area (Å²) in [6, 6.07) is 16.8. The number of aryl methyl sites for hydroxylation is 2. The largest absolute Gasteiger partial charge is 0.493 e. The van der Waals surface area contributed by atoms with Gasteiger partial charge in [0.05, 0.1) is 10.7 Å². The minimum atomic E-state index is -0.253. The molecule has 3 rings (SSSR count). The van der Waals surface area contributed by atoms with Crippen LogP contribution in [0.1, 0.15) is 22.3 Å². The first kappa shape index (κ1) is 20.5. The van der Waals surface area contributed by atoms with E-state index in [9.17, 15) is 4.39 Å². The van der Waals surface area contributed by atoms with Crippen LogP contribution in [0.15, 0.2) is 54.6 Å². The smallest absolute Gasteiger partial charge is 0.174 e. The maximum atomic E-state index is 13.1. The van der Waals surface area contributed by atoms with Gasteiger partial charge in [-0.05, 0) is 89.0 Å². The van der Waals surface area contributed by atoms with Crippen molar-refractivity contribution in [3.8, 4) is 11.5 Å². The molecule has 0 saturated heterocycles. The van der Waals surface area contributed by atoms with Crippen LogP contribution in [0.4, 0.5) is 10.1 Å². The Balaban J connectivity index is 1.73. The van der Waals surface area contributed by atoms with Crippen molar-refractivity contribution in [3.05, 3.63) is 86.2 Å². The number of hydrogen-bond donors (Lipinski definition) is 1. The molecule has 3 aromatic carbocycles. The molecule has 28 heavy (non-hydrogen) atoms. The normalized spacial score (nSPS) is 10.6. The van der Waals surface area contributed by atoms with E-state index in [-0.39, 0.29) is 5.82 Å². The zero-order chi connectivity index (χ0) is 20.1. The Morgan fingerprint density at radius 1 is 0.964 bits per heavy atom. The van der Waals surface area contributed by atoms with Gasteiger partial charge in [-0.15, -0.1) is 0 Å². The fourth-order valence-electron chi connectivity index (χ4n) is 2.88. The number of halogens is 2. The van der Waals surface area contributed by atoms with Crippen LogP contribution in [0.5, 0.6) is 11.5 Å². The standard InChI is InChI=1S/C23H23FINO2/c1-15-4-5-16(2)21(10-15)26-13-18-11-20(25)23(22(12-18)27-3)28-14-17-6-8-19(24)9-7-17/h4-12,26H,13-14H2,1-3H3. The zero-order valence-corrected chi connectivity index (χ0v) is 18.3. The summed E-state index contributed by atoms with van der Waals surface area (Å²) in [5.74, 6) is 1.13. The molecule has 146 valence electrons. The molecule has 3 aromatic rings. The van der Waals surface area contributed by atoms with Crippen molar-refractivity contribution in [2.75, 3.05) is 12.4 Å². The molecule has 0 spiro atoms. The van der Waals surface area contributed by atoms with Gasteiger partial charge in [-0.2, -0.15) is 0 Å². The van der Waals surface area contributed by atoms with Gasteiger partial charge in [0, 0.05) is 12.2 Å². The van der Waals surface area contributed by atoms with Crippen molar-refractivity contribution in [1.82, 2.24) is 0 Å². The molecule has 0 aromatic heterocycles. The molecule has 0 fully saturated rings. The van der Waals surface area contributed by atoms with Crippen LogP contribution < -0.4 is 14.8 Å². The lowest BCUT2D eigenvalue weighted by molar-refractivity contribution is 0.282. The van der Waals surface area contributed by atoms with Gasteiger partial charge in [0.1, 0.15) is 12.4 Å². The monoisotopic (exact) mass is 491 g/mol. The van der Waals surface area contributed by atoms with Gasteiger partial charge in [-0.25, -0.2) is 4.39 Å². The Morgan fingerprint density at radius 2 is 1.71 bits per heavy atom. The van der Waals surface area contributed by atoms with Crippen LogP contribution in [-0.2, 0) is 13.2 Å². The Bertz CT molecular complexity index is 958. The third-order valence-electron chi connectivity index (χ3n) is 4.46. The van der Waals surface area contributed by atoms with Crippen LogP contribution in [0, 0.1) is 23.2 Å². The van der Waals surface area contributed by atoms with Crippen LogP contribution in [0.2, 0.25) is 0 Å². The number of benzene rings is 3. The molecule has 0 radical (unpaired) electrons. The van der Waals surface area contributed by atoms with E-state index >= 15 is 0 Å². The highest BCUT2D eigenvalue weighted by Crippen LogP contribution is 2.35. The van der Waals surface area contributed by atoms with E-state index in [1.165, 1.54) is 23.3 Å². The van der Waals surface area contributed by atoms with Crippen molar-refractivity contribution in [2.24, 2.45) is 0 Å². The second kappa shape index (κ2) is 9.28. The maximum absolute atomic E-state index is 13.1. The summed E-state index contributed by atoms with van der Waals surface area (Å²) in [4.78, 5) is 0. The first-order chi connectivity index (χ1) is 13.5. The molecule has 0 saturated carbocycles. The van der Waals surface area contributed by atoms with E-state index in [0.717, 1.165) is 20.4 Å². The molecule has 0 unspecified atom stereocenters. The quantitative estimate of drug-likeness (QED) is 0.397. The zero-order valence-electron chi connectivity index (χ0n) is 16.2. The minimum Gasteiger partial charge on any atom is -0.493 e. The van der Waals surface area contributed by atoms with Crippen LogP contribution in [0.3, 0.4) is 0 Å². The topological polar surface area (TPSA) is 30.5 Å². The highest BCUT2D eigenvalue weighted by atomic mass is 127. The van der Waals surface area contributed by atoms with E-state index in [4.69, 9.17) is 9.47 Å². The van der Waals surface area contributed by atoms with E-state index in [1.54, 1.807) is 19.2 Å². The molecule has 1 N–H and O–H groups in total. The number of nitrogens with one attached hydrogen (secondary N) is 1. The number of methoxy groups -OCH3 is 1. The molecule has 0 aliphatic carbocycles. The Kier molecular flexibility index (Phi) is 6.78. The van der Waals surface area contributed by atoms with Gasteiger partial charge in [0.25, 0.3) is 0 Å². The molecule has 5 heteroatoms. The Labute approximate surface area is 179 Å². The van der Waals surface area contributed by atoms with E-state index in [0.29, 0.717) is 24.7 Å². The van der Waals surface area contributed by atoms with Crippen molar-refractivity contribution in [1.29, 1.82) is 0 Å². The first-order valence-corrected chi connectivity index (χ1v) is 10.1. The molecule has 0 amide bonds. The lowest BCUT2D eigenvalue weighted by atomic mass is 10.1.